The average molecular weight is 316 g/mol. The lowest BCUT2D eigenvalue weighted by molar-refractivity contribution is 0.0489. The molecule has 1 amide bonds. The summed E-state index contributed by atoms with van der Waals surface area (Å²) in [5, 5.41) is 3.44. The van der Waals surface area contributed by atoms with Crippen LogP contribution >= 0.6 is 0 Å². The molecule has 0 atom stereocenters. The molecule has 3 heterocycles. The largest absolute Gasteiger partial charge is 0.486 e. The highest BCUT2D eigenvalue weighted by molar-refractivity contribution is 5.98. The quantitative estimate of drug-likeness (QED) is 0.862. The van der Waals surface area contributed by atoms with Crippen LogP contribution < -0.4 is 14.8 Å². The maximum absolute atomic E-state index is 12.9. The predicted octanol–water partition coefficient (Wildman–Crippen LogP) is 2.06. The summed E-state index contributed by atoms with van der Waals surface area (Å²) >= 11 is 0. The second kappa shape index (κ2) is 6.04. The SMILES string of the molecule is O=C(c1cccc2c1OCCO2)N1CCC2(CCNCC2)CC1. The molecular formula is C18H24N2O3. The van der Waals surface area contributed by atoms with Crippen molar-refractivity contribution in [3.63, 3.8) is 0 Å². The molecule has 5 nitrogen and oxygen atoms in total. The van der Waals surface area contributed by atoms with Crippen LogP contribution in [0.25, 0.3) is 0 Å². The van der Waals surface area contributed by atoms with Gasteiger partial charge in [0.05, 0.1) is 5.56 Å². The van der Waals surface area contributed by atoms with Gasteiger partial charge in [-0.05, 0) is 56.3 Å². The molecule has 1 spiro atoms. The van der Waals surface area contributed by atoms with Crippen molar-refractivity contribution in [2.24, 2.45) is 5.41 Å². The molecular weight excluding hydrogens is 292 g/mol. The van der Waals surface area contributed by atoms with Gasteiger partial charge in [0.1, 0.15) is 13.2 Å². The zero-order valence-corrected chi connectivity index (χ0v) is 13.5. The van der Waals surface area contributed by atoms with Gasteiger partial charge in [-0.25, -0.2) is 0 Å². The molecule has 2 saturated heterocycles. The van der Waals surface area contributed by atoms with Crippen LogP contribution in [0.15, 0.2) is 18.2 Å². The van der Waals surface area contributed by atoms with E-state index in [0.717, 1.165) is 39.0 Å². The fourth-order valence-corrected chi connectivity index (χ4v) is 4.05. The van der Waals surface area contributed by atoms with Crippen LogP contribution in [0.1, 0.15) is 36.0 Å². The summed E-state index contributed by atoms with van der Waals surface area (Å²) in [6.07, 6.45) is 4.72. The molecule has 1 aromatic carbocycles. The van der Waals surface area contributed by atoms with Crippen LogP contribution in [0.3, 0.4) is 0 Å². The van der Waals surface area contributed by atoms with E-state index in [0.29, 0.717) is 35.7 Å². The van der Waals surface area contributed by atoms with Crippen molar-refractivity contribution in [2.45, 2.75) is 25.7 Å². The van der Waals surface area contributed by atoms with Gasteiger partial charge in [0.2, 0.25) is 0 Å². The molecule has 0 unspecified atom stereocenters. The third kappa shape index (κ3) is 2.78. The number of rotatable bonds is 1. The number of carbonyl (C=O) groups is 1. The van der Waals surface area contributed by atoms with Gasteiger partial charge in [-0.15, -0.1) is 0 Å². The zero-order valence-electron chi connectivity index (χ0n) is 13.5. The lowest BCUT2D eigenvalue weighted by atomic mass is 9.71. The van der Waals surface area contributed by atoms with Gasteiger partial charge in [0.15, 0.2) is 11.5 Å². The first-order valence-corrected chi connectivity index (χ1v) is 8.66. The Morgan fingerprint density at radius 1 is 1.04 bits per heavy atom. The zero-order chi connectivity index (χ0) is 15.7. The summed E-state index contributed by atoms with van der Waals surface area (Å²) in [6, 6.07) is 5.59. The molecule has 2 fully saturated rings. The fraction of sp³-hybridized carbons (Fsp3) is 0.611. The minimum Gasteiger partial charge on any atom is -0.486 e. The first kappa shape index (κ1) is 14.8. The standard InChI is InChI=1S/C18H24N2O3/c21-17(14-2-1-3-15-16(14)23-13-12-22-15)20-10-6-18(7-11-20)4-8-19-9-5-18/h1-3,19H,4-13H2. The molecule has 3 aliphatic heterocycles. The van der Waals surface area contributed by atoms with E-state index in [2.05, 4.69) is 5.32 Å². The Balaban J connectivity index is 1.48. The molecule has 3 aliphatic rings. The Bertz CT molecular complexity index is 586. The highest BCUT2D eigenvalue weighted by atomic mass is 16.6. The van der Waals surface area contributed by atoms with Crippen LogP contribution in [-0.4, -0.2) is 50.2 Å². The van der Waals surface area contributed by atoms with E-state index in [4.69, 9.17) is 9.47 Å². The van der Waals surface area contributed by atoms with Crippen molar-refractivity contribution >= 4 is 5.91 Å². The van der Waals surface area contributed by atoms with Crippen LogP contribution in [0.2, 0.25) is 0 Å². The Morgan fingerprint density at radius 3 is 2.57 bits per heavy atom. The normalized spacial score (nSPS) is 22.9. The Morgan fingerprint density at radius 2 is 1.78 bits per heavy atom. The first-order chi connectivity index (χ1) is 11.3. The van der Waals surface area contributed by atoms with Gasteiger partial charge in [0, 0.05) is 13.1 Å². The molecule has 0 aromatic heterocycles. The number of para-hydroxylation sites is 1. The second-order valence-electron chi connectivity index (χ2n) is 6.87. The van der Waals surface area contributed by atoms with Gasteiger partial charge in [-0.1, -0.05) is 6.07 Å². The van der Waals surface area contributed by atoms with E-state index >= 15 is 0 Å². The third-order valence-electron chi connectivity index (χ3n) is 5.57. The summed E-state index contributed by atoms with van der Waals surface area (Å²) < 4.78 is 11.3. The van der Waals surface area contributed by atoms with E-state index in [1.165, 1.54) is 12.8 Å². The number of nitrogens with one attached hydrogen (secondary N) is 1. The number of likely N-dealkylation sites (tertiary alicyclic amines) is 1. The molecule has 5 heteroatoms. The second-order valence-corrected chi connectivity index (χ2v) is 6.87. The van der Waals surface area contributed by atoms with Crippen LogP contribution in [0, 0.1) is 5.41 Å². The summed E-state index contributed by atoms with van der Waals surface area (Å²) in [7, 11) is 0. The first-order valence-electron chi connectivity index (χ1n) is 8.66. The number of benzene rings is 1. The van der Waals surface area contributed by atoms with E-state index in [9.17, 15) is 4.79 Å². The average Bonchev–Trinajstić information content (AvgIpc) is 2.62. The van der Waals surface area contributed by atoms with Gasteiger partial charge in [-0.3, -0.25) is 4.79 Å². The topological polar surface area (TPSA) is 50.8 Å². The van der Waals surface area contributed by atoms with Gasteiger partial charge in [0.25, 0.3) is 5.91 Å². The Hall–Kier alpha value is -1.75. The van der Waals surface area contributed by atoms with Crippen LogP contribution in [-0.2, 0) is 0 Å². The van der Waals surface area contributed by atoms with E-state index < -0.39 is 0 Å². The van der Waals surface area contributed by atoms with Crippen LogP contribution in [0.4, 0.5) is 0 Å². The number of carbonyl (C=O) groups excluding carboxylic acids is 1. The summed E-state index contributed by atoms with van der Waals surface area (Å²) in [4.78, 5) is 14.9. The highest BCUT2D eigenvalue weighted by Gasteiger charge is 2.37. The molecule has 4 rings (SSSR count). The predicted molar refractivity (Wildman–Crippen MR) is 87.1 cm³/mol. The number of hydrogen-bond acceptors (Lipinski definition) is 4. The molecule has 0 aliphatic carbocycles. The number of piperidine rings is 2. The van der Waals surface area contributed by atoms with Crippen molar-refractivity contribution in [1.82, 2.24) is 10.2 Å². The molecule has 1 N–H and O–H groups in total. The van der Waals surface area contributed by atoms with E-state index in [1.54, 1.807) is 0 Å². The maximum Gasteiger partial charge on any atom is 0.257 e. The van der Waals surface area contributed by atoms with Crippen LogP contribution in [0.5, 0.6) is 11.5 Å². The summed E-state index contributed by atoms with van der Waals surface area (Å²) in [6.45, 7) is 4.99. The van der Waals surface area contributed by atoms with Gasteiger partial charge in [-0.2, -0.15) is 0 Å². The lowest BCUT2D eigenvalue weighted by Crippen LogP contribution is -2.47. The summed E-state index contributed by atoms with van der Waals surface area (Å²) in [5.74, 6) is 1.39. The maximum atomic E-state index is 12.9. The molecule has 0 saturated carbocycles. The number of nitrogens with zero attached hydrogens (tertiary/aromatic N) is 1. The number of ether oxygens (including phenoxy) is 2. The van der Waals surface area contributed by atoms with E-state index in [-0.39, 0.29) is 5.91 Å². The number of fused-ring (bicyclic) bond motifs is 1. The molecule has 124 valence electrons. The van der Waals surface area contributed by atoms with Crippen molar-refractivity contribution in [3.8, 4) is 11.5 Å². The van der Waals surface area contributed by atoms with Crippen molar-refractivity contribution in [1.29, 1.82) is 0 Å². The number of amides is 1. The monoisotopic (exact) mass is 316 g/mol. The highest BCUT2D eigenvalue weighted by Crippen LogP contribution is 2.40. The Labute approximate surface area is 136 Å². The minimum atomic E-state index is 0.0798. The molecule has 0 radical (unpaired) electrons. The summed E-state index contributed by atoms with van der Waals surface area (Å²) in [5.41, 5.74) is 1.10. The lowest BCUT2D eigenvalue weighted by Gasteiger charge is -2.44. The van der Waals surface area contributed by atoms with Crippen molar-refractivity contribution < 1.29 is 14.3 Å². The fourth-order valence-electron chi connectivity index (χ4n) is 4.05. The molecule has 1 aromatic rings. The Kier molecular flexibility index (Phi) is 3.89. The molecule has 23 heavy (non-hydrogen) atoms. The van der Waals surface area contributed by atoms with Gasteiger partial charge < -0.3 is 19.7 Å². The number of hydrogen-bond donors (Lipinski definition) is 1. The van der Waals surface area contributed by atoms with Crippen molar-refractivity contribution in [2.75, 3.05) is 39.4 Å². The minimum absolute atomic E-state index is 0.0798. The van der Waals surface area contributed by atoms with Gasteiger partial charge >= 0.3 is 0 Å². The molecule has 0 bridgehead atoms. The third-order valence-corrected chi connectivity index (χ3v) is 5.57. The smallest absolute Gasteiger partial charge is 0.257 e. The van der Waals surface area contributed by atoms with Crippen molar-refractivity contribution in [3.05, 3.63) is 23.8 Å². The van der Waals surface area contributed by atoms with E-state index in [1.807, 2.05) is 23.1 Å².